The molecule has 0 aromatic rings. The molecule has 1 heterocycles. The molecule has 2 aliphatic rings. The normalized spacial score (nSPS) is 27.5. The minimum atomic E-state index is 0.219. The second kappa shape index (κ2) is 3.44. The van der Waals surface area contributed by atoms with Gasteiger partial charge in [-0.15, -0.1) is 0 Å². The van der Waals surface area contributed by atoms with Crippen LogP contribution in [-0.2, 0) is 4.79 Å². The summed E-state index contributed by atoms with van der Waals surface area (Å²) in [5.74, 6) is 0.219. The quantitative estimate of drug-likeness (QED) is 0.613. The van der Waals surface area contributed by atoms with Gasteiger partial charge in [0.05, 0.1) is 0 Å². The lowest BCUT2D eigenvalue weighted by atomic mass is 9.91. The van der Waals surface area contributed by atoms with Crippen molar-refractivity contribution in [2.45, 2.75) is 31.7 Å². The molecule has 0 bridgehead atoms. The lowest BCUT2D eigenvalue weighted by Crippen LogP contribution is -2.41. The molecule has 1 saturated carbocycles. The molecule has 3 heteroatoms. The van der Waals surface area contributed by atoms with Gasteiger partial charge in [0.25, 0.3) is 0 Å². The molecule has 2 rings (SSSR count). The van der Waals surface area contributed by atoms with Gasteiger partial charge in [0.2, 0.25) is 5.91 Å². The van der Waals surface area contributed by atoms with Gasteiger partial charge >= 0.3 is 0 Å². The van der Waals surface area contributed by atoms with Gasteiger partial charge in [-0.2, -0.15) is 0 Å². The number of carbonyl (C=O) groups is 1. The highest BCUT2D eigenvalue weighted by molar-refractivity contribution is 5.76. The second-order valence-corrected chi connectivity index (χ2v) is 3.72. The Balaban J connectivity index is 1.85. The van der Waals surface area contributed by atoms with E-state index in [1.807, 2.05) is 0 Å². The number of carbonyl (C=O) groups excluding carboxylic acids is 1. The maximum atomic E-state index is 11.0. The van der Waals surface area contributed by atoms with E-state index in [1.54, 1.807) is 0 Å². The predicted octanol–water partition coefficient (Wildman–Crippen LogP) is 0.361. The van der Waals surface area contributed by atoms with Crippen LogP contribution in [0.2, 0.25) is 0 Å². The van der Waals surface area contributed by atoms with Gasteiger partial charge < -0.3 is 5.32 Å². The Bertz CT molecular complexity index is 177. The maximum absolute atomic E-state index is 11.0. The summed E-state index contributed by atoms with van der Waals surface area (Å²) in [4.78, 5) is 13.5. The van der Waals surface area contributed by atoms with E-state index in [9.17, 15) is 4.79 Å². The average molecular weight is 168 g/mol. The molecule has 3 nitrogen and oxygen atoms in total. The van der Waals surface area contributed by atoms with Gasteiger partial charge in [-0.05, 0) is 12.8 Å². The molecule has 12 heavy (non-hydrogen) atoms. The van der Waals surface area contributed by atoms with E-state index < -0.39 is 0 Å². The van der Waals surface area contributed by atoms with Crippen molar-refractivity contribution in [1.82, 2.24) is 10.2 Å². The molecule has 0 unspecified atom stereocenters. The van der Waals surface area contributed by atoms with E-state index in [2.05, 4.69) is 10.2 Å². The highest BCUT2D eigenvalue weighted by Gasteiger charge is 2.26. The molecule has 0 spiro atoms. The Labute approximate surface area is 73.1 Å². The lowest BCUT2D eigenvalue weighted by molar-refractivity contribution is -0.120. The van der Waals surface area contributed by atoms with Gasteiger partial charge in [-0.1, -0.05) is 6.42 Å². The van der Waals surface area contributed by atoms with Gasteiger partial charge in [-0.25, -0.2) is 0 Å². The summed E-state index contributed by atoms with van der Waals surface area (Å²) in [6.45, 7) is 2.86. The largest absolute Gasteiger partial charge is 0.355 e. The first-order valence-electron chi connectivity index (χ1n) is 4.87. The van der Waals surface area contributed by atoms with E-state index in [4.69, 9.17) is 0 Å². The van der Waals surface area contributed by atoms with Crippen molar-refractivity contribution >= 4 is 5.91 Å². The van der Waals surface area contributed by atoms with Crippen molar-refractivity contribution < 1.29 is 4.79 Å². The van der Waals surface area contributed by atoms with Crippen molar-refractivity contribution in [3.05, 3.63) is 0 Å². The van der Waals surface area contributed by atoms with Gasteiger partial charge in [0.15, 0.2) is 0 Å². The topological polar surface area (TPSA) is 32.3 Å². The molecule has 1 aliphatic heterocycles. The number of amides is 1. The van der Waals surface area contributed by atoms with Crippen LogP contribution in [0, 0.1) is 0 Å². The highest BCUT2D eigenvalue weighted by atomic mass is 16.1. The summed E-state index contributed by atoms with van der Waals surface area (Å²) in [6.07, 6.45) is 4.75. The van der Waals surface area contributed by atoms with Crippen molar-refractivity contribution in [3.8, 4) is 0 Å². The first kappa shape index (κ1) is 8.05. The fourth-order valence-corrected chi connectivity index (χ4v) is 1.90. The molecule has 1 aliphatic carbocycles. The van der Waals surface area contributed by atoms with E-state index >= 15 is 0 Å². The van der Waals surface area contributed by atoms with Crippen molar-refractivity contribution in [2.24, 2.45) is 0 Å². The van der Waals surface area contributed by atoms with E-state index in [-0.39, 0.29) is 5.91 Å². The van der Waals surface area contributed by atoms with Crippen LogP contribution in [0.15, 0.2) is 0 Å². The zero-order valence-electron chi connectivity index (χ0n) is 7.38. The Morgan fingerprint density at radius 1 is 1.33 bits per heavy atom. The van der Waals surface area contributed by atoms with Crippen LogP contribution in [0.5, 0.6) is 0 Å². The third-order valence-electron chi connectivity index (χ3n) is 2.94. The maximum Gasteiger partial charge on any atom is 0.221 e. The Morgan fingerprint density at radius 3 is 2.83 bits per heavy atom. The molecule has 68 valence electrons. The fraction of sp³-hybridized carbons (Fsp3) is 0.889. The molecule has 2 fully saturated rings. The monoisotopic (exact) mass is 168 g/mol. The second-order valence-electron chi connectivity index (χ2n) is 3.72. The van der Waals surface area contributed by atoms with E-state index in [1.165, 1.54) is 19.3 Å². The van der Waals surface area contributed by atoms with Crippen molar-refractivity contribution in [3.63, 3.8) is 0 Å². The van der Waals surface area contributed by atoms with Crippen LogP contribution in [0.1, 0.15) is 25.7 Å². The number of rotatable bonds is 1. The van der Waals surface area contributed by atoms with Crippen LogP contribution in [0.3, 0.4) is 0 Å². The first-order chi connectivity index (χ1) is 5.86. The van der Waals surface area contributed by atoms with Crippen LogP contribution in [0.25, 0.3) is 0 Å². The zero-order chi connectivity index (χ0) is 8.39. The fourth-order valence-electron chi connectivity index (χ4n) is 1.90. The molecule has 1 saturated heterocycles. The van der Waals surface area contributed by atoms with Crippen LogP contribution in [-0.4, -0.2) is 36.5 Å². The summed E-state index contributed by atoms with van der Waals surface area (Å²) >= 11 is 0. The predicted molar refractivity (Wildman–Crippen MR) is 46.8 cm³/mol. The minimum absolute atomic E-state index is 0.219. The summed E-state index contributed by atoms with van der Waals surface area (Å²) in [5.41, 5.74) is 0. The average Bonchev–Trinajstić information content (AvgIpc) is 2.12. The molecule has 0 radical (unpaired) electrons. The lowest BCUT2D eigenvalue weighted by Gasteiger charge is -2.36. The standard InChI is InChI=1S/C9H16N2O/c12-9-4-6-11(7-5-10-9)8-2-1-3-8/h8H,1-7H2,(H,10,12). The number of nitrogens with zero attached hydrogens (tertiary/aromatic N) is 1. The number of hydrogen-bond acceptors (Lipinski definition) is 2. The third-order valence-corrected chi connectivity index (χ3v) is 2.94. The SMILES string of the molecule is O=C1CCN(C2CCC2)CCN1. The molecule has 0 aromatic carbocycles. The summed E-state index contributed by atoms with van der Waals surface area (Å²) in [5, 5.41) is 2.90. The van der Waals surface area contributed by atoms with Gasteiger partial charge in [-0.3, -0.25) is 9.69 Å². The molecular weight excluding hydrogens is 152 g/mol. The molecule has 1 N–H and O–H groups in total. The van der Waals surface area contributed by atoms with E-state index in [0.717, 1.165) is 25.7 Å². The first-order valence-corrected chi connectivity index (χ1v) is 4.87. The zero-order valence-corrected chi connectivity index (χ0v) is 7.38. The number of nitrogens with one attached hydrogen (secondary N) is 1. The molecule has 0 aromatic heterocycles. The number of hydrogen-bond donors (Lipinski definition) is 1. The highest BCUT2D eigenvalue weighted by Crippen LogP contribution is 2.24. The Morgan fingerprint density at radius 2 is 2.17 bits per heavy atom. The minimum Gasteiger partial charge on any atom is -0.355 e. The van der Waals surface area contributed by atoms with E-state index in [0.29, 0.717) is 6.42 Å². The molecular formula is C9H16N2O. The van der Waals surface area contributed by atoms with Crippen LogP contribution in [0.4, 0.5) is 0 Å². The van der Waals surface area contributed by atoms with Crippen LogP contribution < -0.4 is 5.32 Å². The van der Waals surface area contributed by atoms with Gasteiger partial charge in [0, 0.05) is 32.1 Å². The Hall–Kier alpha value is -0.570. The van der Waals surface area contributed by atoms with Crippen molar-refractivity contribution in [1.29, 1.82) is 0 Å². The van der Waals surface area contributed by atoms with Crippen molar-refractivity contribution in [2.75, 3.05) is 19.6 Å². The van der Waals surface area contributed by atoms with Crippen LogP contribution >= 0.6 is 0 Å². The summed E-state index contributed by atoms with van der Waals surface area (Å²) < 4.78 is 0. The summed E-state index contributed by atoms with van der Waals surface area (Å²) in [7, 11) is 0. The third kappa shape index (κ3) is 1.61. The van der Waals surface area contributed by atoms with Gasteiger partial charge in [0.1, 0.15) is 0 Å². The summed E-state index contributed by atoms with van der Waals surface area (Å²) in [6, 6.07) is 0.790. The smallest absolute Gasteiger partial charge is 0.221 e. The molecule has 1 amide bonds. The molecule has 0 atom stereocenters. The Kier molecular flexibility index (Phi) is 2.30.